The fourth-order valence-corrected chi connectivity index (χ4v) is 2.99. The molecule has 0 saturated carbocycles. The van der Waals surface area contributed by atoms with Gasteiger partial charge in [0, 0.05) is 28.5 Å². The minimum atomic E-state index is -0.822. The normalized spacial score (nSPS) is 14.4. The molecule has 2 atom stereocenters. The van der Waals surface area contributed by atoms with Gasteiger partial charge >= 0.3 is 5.97 Å². The third-order valence-corrected chi connectivity index (χ3v) is 4.51. The fourth-order valence-electron chi connectivity index (χ4n) is 2.99. The van der Waals surface area contributed by atoms with Gasteiger partial charge in [-0.15, -0.1) is 0 Å². The van der Waals surface area contributed by atoms with Crippen LogP contribution in [0.1, 0.15) is 92.4 Å². The van der Waals surface area contributed by atoms with Gasteiger partial charge in [0.2, 0.25) is 0 Å². The molecule has 1 radical (unpaired) electrons. The van der Waals surface area contributed by atoms with E-state index in [4.69, 9.17) is 5.11 Å². The van der Waals surface area contributed by atoms with E-state index in [1.165, 1.54) is 51.0 Å². The number of allylic oxidation sites excluding steroid dienone is 1. The Kier molecular flexibility index (Phi) is 17.0. The van der Waals surface area contributed by atoms with Crippen LogP contribution in [0.25, 0.3) is 0 Å². The maximum atomic E-state index is 10.5. The van der Waals surface area contributed by atoms with Crippen LogP contribution in [0.4, 0.5) is 0 Å². The van der Waals surface area contributed by atoms with Crippen LogP contribution >= 0.6 is 0 Å². The molecule has 0 bridgehead atoms. The molecule has 0 fully saturated rings. The number of carboxylic acid groups (broad SMARTS) is 1. The quantitative estimate of drug-likeness (QED) is 0.276. The number of rotatable bonds is 13. The standard InChI is InChI=1S/C20H38O2.Ag/c1-16(2)9-6-10-17(3)11-7-12-18(4)13-8-14-19(5)15-20(21)22;/h15-18H,6-14H2,1-5H3,(H,21,22);/b19-15+;/t17-,18-;/m1./s1. The number of aliphatic carboxylic acids is 1. The Labute approximate surface area is 160 Å². The summed E-state index contributed by atoms with van der Waals surface area (Å²) in [6.07, 6.45) is 12.7. The van der Waals surface area contributed by atoms with Crippen LogP contribution < -0.4 is 0 Å². The zero-order valence-corrected chi connectivity index (χ0v) is 17.3. The Morgan fingerprint density at radius 3 is 1.74 bits per heavy atom. The van der Waals surface area contributed by atoms with Gasteiger partial charge in [0.15, 0.2) is 0 Å². The van der Waals surface area contributed by atoms with Gasteiger partial charge in [-0.05, 0) is 37.5 Å². The molecule has 0 saturated heterocycles. The molecule has 0 aliphatic heterocycles. The number of hydrogen-bond acceptors (Lipinski definition) is 1. The average Bonchev–Trinajstić information content (AvgIpc) is 2.37. The molecule has 0 aromatic carbocycles. The van der Waals surface area contributed by atoms with E-state index >= 15 is 0 Å². The van der Waals surface area contributed by atoms with Crippen LogP contribution in [0.5, 0.6) is 0 Å². The zero-order chi connectivity index (χ0) is 17.0. The summed E-state index contributed by atoms with van der Waals surface area (Å²) in [7, 11) is 0. The third kappa shape index (κ3) is 18.1. The minimum Gasteiger partial charge on any atom is -0.478 e. The van der Waals surface area contributed by atoms with Gasteiger partial charge in [0.25, 0.3) is 0 Å². The van der Waals surface area contributed by atoms with E-state index in [0.717, 1.165) is 36.2 Å². The second-order valence-electron chi connectivity index (χ2n) is 7.69. The molecule has 0 heterocycles. The molecule has 3 heteroatoms. The smallest absolute Gasteiger partial charge is 0.328 e. The van der Waals surface area contributed by atoms with Gasteiger partial charge in [-0.1, -0.05) is 78.2 Å². The van der Waals surface area contributed by atoms with Crippen molar-refractivity contribution in [2.75, 3.05) is 0 Å². The summed E-state index contributed by atoms with van der Waals surface area (Å²) in [4.78, 5) is 10.5. The van der Waals surface area contributed by atoms with Crippen molar-refractivity contribution in [3.63, 3.8) is 0 Å². The maximum absolute atomic E-state index is 10.5. The monoisotopic (exact) mass is 417 g/mol. The minimum absolute atomic E-state index is 0. The summed E-state index contributed by atoms with van der Waals surface area (Å²) in [6.45, 7) is 11.3. The Morgan fingerprint density at radius 1 is 0.870 bits per heavy atom. The largest absolute Gasteiger partial charge is 0.478 e. The Balaban J connectivity index is 0. The molecule has 0 unspecified atom stereocenters. The van der Waals surface area contributed by atoms with E-state index < -0.39 is 5.97 Å². The molecule has 141 valence electrons. The average molecular weight is 418 g/mol. The van der Waals surface area contributed by atoms with E-state index in [1.807, 2.05) is 6.92 Å². The topological polar surface area (TPSA) is 37.3 Å². The van der Waals surface area contributed by atoms with E-state index in [9.17, 15) is 4.79 Å². The molecule has 0 rings (SSSR count). The zero-order valence-electron chi connectivity index (χ0n) is 15.8. The number of hydrogen-bond donors (Lipinski definition) is 1. The van der Waals surface area contributed by atoms with E-state index in [0.29, 0.717) is 0 Å². The first-order chi connectivity index (χ1) is 10.3. The summed E-state index contributed by atoms with van der Waals surface area (Å²) in [5.74, 6) is 1.65. The molecular weight excluding hydrogens is 380 g/mol. The van der Waals surface area contributed by atoms with Crippen molar-refractivity contribution in [3.8, 4) is 0 Å². The summed E-state index contributed by atoms with van der Waals surface area (Å²) < 4.78 is 0. The van der Waals surface area contributed by atoms with Crippen molar-refractivity contribution in [1.82, 2.24) is 0 Å². The Bertz CT molecular complexity index is 324. The molecule has 2 nitrogen and oxygen atoms in total. The van der Waals surface area contributed by atoms with Crippen molar-refractivity contribution >= 4 is 5.97 Å². The maximum Gasteiger partial charge on any atom is 0.328 e. The Morgan fingerprint density at radius 2 is 1.30 bits per heavy atom. The van der Waals surface area contributed by atoms with Crippen LogP contribution in [0.15, 0.2) is 11.6 Å². The van der Waals surface area contributed by atoms with Gasteiger partial charge in [-0.25, -0.2) is 4.79 Å². The molecule has 0 aliphatic carbocycles. The predicted molar refractivity (Wildman–Crippen MR) is 96.1 cm³/mol. The third-order valence-electron chi connectivity index (χ3n) is 4.51. The summed E-state index contributed by atoms with van der Waals surface area (Å²) in [6, 6.07) is 0. The van der Waals surface area contributed by atoms with E-state index in [2.05, 4.69) is 27.7 Å². The van der Waals surface area contributed by atoms with Crippen molar-refractivity contribution < 1.29 is 32.3 Å². The van der Waals surface area contributed by atoms with Crippen LogP contribution in [0.3, 0.4) is 0 Å². The Hall–Kier alpha value is -0.0497. The first-order valence-electron chi connectivity index (χ1n) is 9.21. The van der Waals surface area contributed by atoms with Crippen molar-refractivity contribution in [3.05, 3.63) is 11.6 Å². The van der Waals surface area contributed by atoms with Gasteiger partial charge in [-0.3, -0.25) is 0 Å². The first-order valence-corrected chi connectivity index (χ1v) is 9.21. The molecule has 23 heavy (non-hydrogen) atoms. The number of carboxylic acids is 1. The summed E-state index contributed by atoms with van der Waals surface area (Å²) in [5, 5.41) is 8.68. The van der Waals surface area contributed by atoms with Gasteiger partial charge < -0.3 is 5.11 Å². The SMILES string of the molecule is C/C(=C\C(=O)O)CCC[C@H](C)CCC[C@H](C)CCCC(C)C.[Ag]. The molecule has 1 N–H and O–H groups in total. The molecule has 0 amide bonds. The van der Waals surface area contributed by atoms with Crippen molar-refractivity contribution in [2.24, 2.45) is 17.8 Å². The summed E-state index contributed by atoms with van der Waals surface area (Å²) >= 11 is 0. The van der Waals surface area contributed by atoms with Crippen LogP contribution in [-0.4, -0.2) is 11.1 Å². The molecule has 0 aromatic rings. The first kappa shape index (κ1) is 25.2. The van der Waals surface area contributed by atoms with Gasteiger partial charge in [-0.2, -0.15) is 0 Å². The van der Waals surface area contributed by atoms with E-state index in [-0.39, 0.29) is 22.4 Å². The molecule has 0 aromatic heterocycles. The van der Waals surface area contributed by atoms with E-state index in [1.54, 1.807) is 0 Å². The molecular formula is C20H38AgO2. The fraction of sp³-hybridized carbons (Fsp3) is 0.850. The second-order valence-corrected chi connectivity index (χ2v) is 7.69. The van der Waals surface area contributed by atoms with Crippen molar-refractivity contribution in [1.29, 1.82) is 0 Å². The van der Waals surface area contributed by atoms with Crippen molar-refractivity contribution in [2.45, 2.75) is 92.4 Å². The van der Waals surface area contributed by atoms with Crippen LogP contribution in [0, 0.1) is 17.8 Å². The summed E-state index contributed by atoms with van der Waals surface area (Å²) in [5.41, 5.74) is 0.985. The molecule has 0 aliphatic rings. The molecule has 0 spiro atoms. The number of carbonyl (C=O) groups is 1. The second kappa shape index (κ2) is 15.5. The van der Waals surface area contributed by atoms with Gasteiger partial charge in [0.05, 0.1) is 0 Å². The van der Waals surface area contributed by atoms with Gasteiger partial charge in [0.1, 0.15) is 0 Å². The van der Waals surface area contributed by atoms with Crippen LogP contribution in [0.2, 0.25) is 0 Å². The predicted octanol–water partition coefficient (Wildman–Crippen LogP) is 6.45. The van der Waals surface area contributed by atoms with Crippen LogP contribution in [-0.2, 0) is 27.2 Å².